The maximum Gasteiger partial charge on any atom is 0.344 e. The van der Waals surface area contributed by atoms with Crippen LogP contribution in [0.2, 0.25) is 0 Å². The minimum Gasteiger partial charge on any atom is -0.493 e. The van der Waals surface area contributed by atoms with Gasteiger partial charge in [0.1, 0.15) is 18.6 Å². The first-order valence-electron chi connectivity index (χ1n) is 7.16. The highest BCUT2D eigenvalue weighted by Crippen LogP contribution is 2.26. The molecule has 2 aromatic heterocycles. The second-order valence-electron chi connectivity index (χ2n) is 4.72. The Morgan fingerprint density at radius 3 is 2.79 bits per heavy atom. The Labute approximate surface area is 142 Å². The number of methoxy groups -OCH3 is 1. The smallest absolute Gasteiger partial charge is 0.344 e. The number of nitrogens with zero attached hydrogens (tertiary/aromatic N) is 1. The molecule has 0 amide bonds. The summed E-state index contributed by atoms with van der Waals surface area (Å²) >= 11 is 1.53. The van der Waals surface area contributed by atoms with Gasteiger partial charge in [0.2, 0.25) is 5.89 Å². The van der Waals surface area contributed by atoms with Crippen molar-refractivity contribution >= 4 is 17.3 Å². The number of ether oxygens (including phenoxy) is 3. The Hall–Kier alpha value is -2.80. The normalized spacial score (nSPS) is 10.4. The average molecular weight is 345 g/mol. The fraction of sp³-hybridized carbons (Fsp3) is 0.176. The number of benzene rings is 1. The lowest BCUT2D eigenvalue weighted by molar-refractivity contribution is -0.147. The van der Waals surface area contributed by atoms with Gasteiger partial charge in [-0.15, -0.1) is 11.3 Å². The molecule has 124 valence electrons. The molecule has 3 aromatic rings. The SMILES string of the molecule is COc1ccccc1OCC(=O)OCc1coc(-c2cccs2)n1. The molecule has 2 heterocycles. The highest BCUT2D eigenvalue weighted by molar-refractivity contribution is 7.13. The monoisotopic (exact) mass is 345 g/mol. The molecule has 0 radical (unpaired) electrons. The van der Waals surface area contributed by atoms with Gasteiger partial charge in [-0.05, 0) is 23.6 Å². The third kappa shape index (κ3) is 3.94. The van der Waals surface area contributed by atoms with Crippen molar-refractivity contribution in [3.05, 3.63) is 53.7 Å². The van der Waals surface area contributed by atoms with E-state index in [0.717, 1.165) is 4.88 Å². The largest absolute Gasteiger partial charge is 0.493 e. The van der Waals surface area contributed by atoms with Gasteiger partial charge in [-0.2, -0.15) is 0 Å². The van der Waals surface area contributed by atoms with Gasteiger partial charge in [-0.25, -0.2) is 9.78 Å². The van der Waals surface area contributed by atoms with E-state index in [4.69, 9.17) is 18.6 Å². The summed E-state index contributed by atoms with van der Waals surface area (Å²) in [6, 6.07) is 10.9. The first-order chi connectivity index (χ1) is 11.8. The van der Waals surface area contributed by atoms with E-state index in [-0.39, 0.29) is 13.2 Å². The summed E-state index contributed by atoms with van der Waals surface area (Å²) < 4.78 is 21.0. The van der Waals surface area contributed by atoms with Gasteiger partial charge in [-0.3, -0.25) is 0 Å². The van der Waals surface area contributed by atoms with Crippen molar-refractivity contribution in [2.75, 3.05) is 13.7 Å². The van der Waals surface area contributed by atoms with Crippen LogP contribution in [0.4, 0.5) is 0 Å². The number of thiophene rings is 1. The van der Waals surface area contributed by atoms with Crippen molar-refractivity contribution in [3.63, 3.8) is 0 Å². The highest BCUT2D eigenvalue weighted by Gasteiger charge is 2.11. The number of esters is 1. The molecule has 0 fully saturated rings. The van der Waals surface area contributed by atoms with Gasteiger partial charge in [0.05, 0.1) is 12.0 Å². The Morgan fingerprint density at radius 1 is 1.21 bits per heavy atom. The lowest BCUT2D eigenvalue weighted by Gasteiger charge is -2.09. The highest BCUT2D eigenvalue weighted by atomic mass is 32.1. The van der Waals surface area contributed by atoms with Crippen LogP contribution in [0.3, 0.4) is 0 Å². The van der Waals surface area contributed by atoms with Crippen LogP contribution in [0, 0.1) is 0 Å². The van der Waals surface area contributed by atoms with Gasteiger partial charge in [0.15, 0.2) is 18.1 Å². The molecular formula is C17H15NO5S. The molecule has 0 saturated heterocycles. The predicted molar refractivity (Wildman–Crippen MR) is 88.1 cm³/mol. The summed E-state index contributed by atoms with van der Waals surface area (Å²) in [5, 5.41) is 1.94. The fourth-order valence-corrected chi connectivity index (χ4v) is 2.61. The van der Waals surface area contributed by atoms with Crippen LogP contribution in [-0.2, 0) is 16.1 Å². The Bertz CT molecular complexity index is 797. The molecule has 0 aliphatic carbocycles. The van der Waals surface area contributed by atoms with Gasteiger partial charge < -0.3 is 18.6 Å². The van der Waals surface area contributed by atoms with Crippen LogP contribution in [0.5, 0.6) is 11.5 Å². The maximum atomic E-state index is 11.8. The second kappa shape index (κ2) is 7.65. The number of aromatic nitrogens is 1. The van der Waals surface area contributed by atoms with Crippen LogP contribution in [0.25, 0.3) is 10.8 Å². The van der Waals surface area contributed by atoms with E-state index in [0.29, 0.717) is 23.1 Å². The minimum atomic E-state index is -0.499. The molecule has 0 aliphatic heterocycles. The summed E-state index contributed by atoms with van der Waals surface area (Å²) in [6.45, 7) is -0.182. The summed E-state index contributed by atoms with van der Waals surface area (Å²) in [7, 11) is 1.54. The molecular weight excluding hydrogens is 330 g/mol. The zero-order valence-electron chi connectivity index (χ0n) is 12.9. The zero-order chi connectivity index (χ0) is 16.8. The third-order valence-electron chi connectivity index (χ3n) is 3.08. The van der Waals surface area contributed by atoms with Gasteiger partial charge in [0, 0.05) is 0 Å². The molecule has 7 heteroatoms. The quantitative estimate of drug-likeness (QED) is 0.610. The molecule has 0 spiro atoms. The minimum absolute atomic E-state index is 0.0307. The van der Waals surface area contributed by atoms with Crippen LogP contribution in [-0.4, -0.2) is 24.7 Å². The van der Waals surface area contributed by atoms with E-state index in [2.05, 4.69) is 4.98 Å². The van der Waals surface area contributed by atoms with E-state index in [9.17, 15) is 4.79 Å². The van der Waals surface area contributed by atoms with Crippen LogP contribution >= 0.6 is 11.3 Å². The Kier molecular flexibility index (Phi) is 5.12. The Balaban J connectivity index is 1.49. The third-order valence-corrected chi connectivity index (χ3v) is 3.94. The van der Waals surface area contributed by atoms with Gasteiger partial charge in [0.25, 0.3) is 0 Å². The van der Waals surface area contributed by atoms with Gasteiger partial charge in [-0.1, -0.05) is 18.2 Å². The molecule has 6 nitrogen and oxygen atoms in total. The lowest BCUT2D eigenvalue weighted by atomic mass is 10.3. The standard InChI is InChI=1S/C17H15NO5S/c1-20-13-5-2-3-6-14(13)21-11-16(19)22-9-12-10-23-17(18-12)15-7-4-8-24-15/h2-8,10H,9,11H2,1H3. The second-order valence-corrected chi connectivity index (χ2v) is 5.67. The van der Waals surface area contributed by atoms with Crippen molar-refractivity contribution in [2.45, 2.75) is 6.61 Å². The molecule has 3 rings (SSSR count). The lowest BCUT2D eigenvalue weighted by Crippen LogP contribution is -2.15. The summed E-state index contributed by atoms with van der Waals surface area (Å²) in [5.74, 6) is 1.06. The zero-order valence-corrected chi connectivity index (χ0v) is 13.7. The van der Waals surface area contributed by atoms with E-state index in [1.54, 1.807) is 18.2 Å². The van der Waals surface area contributed by atoms with Crippen LogP contribution < -0.4 is 9.47 Å². The van der Waals surface area contributed by atoms with E-state index in [1.165, 1.54) is 24.7 Å². The summed E-state index contributed by atoms with van der Waals surface area (Å²) in [5.41, 5.74) is 0.545. The van der Waals surface area contributed by atoms with E-state index >= 15 is 0 Å². The first kappa shape index (κ1) is 16.1. The van der Waals surface area contributed by atoms with Crippen LogP contribution in [0.15, 0.2) is 52.5 Å². The van der Waals surface area contributed by atoms with Crippen molar-refractivity contribution in [1.29, 1.82) is 0 Å². The van der Waals surface area contributed by atoms with E-state index in [1.807, 2.05) is 23.6 Å². The summed E-state index contributed by atoms with van der Waals surface area (Å²) in [6.07, 6.45) is 1.48. The molecule has 0 N–H and O–H groups in total. The fourth-order valence-electron chi connectivity index (χ4n) is 1.96. The number of rotatable bonds is 7. The number of oxazole rings is 1. The number of carbonyl (C=O) groups excluding carboxylic acids is 1. The molecule has 24 heavy (non-hydrogen) atoms. The van der Waals surface area contributed by atoms with Crippen molar-refractivity contribution in [3.8, 4) is 22.3 Å². The number of carbonyl (C=O) groups is 1. The molecule has 0 saturated carbocycles. The number of hydrogen-bond acceptors (Lipinski definition) is 7. The average Bonchev–Trinajstić information content (AvgIpc) is 3.29. The predicted octanol–water partition coefficient (Wildman–Crippen LogP) is 3.53. The number of hydrogen-bond donors (Lipinski definition) is 0. The Morgan fingerprint density at radius 2 is 2.04 bits per heavy atom. The van der Waals surface area contributed by atoms with Crippen molar-refractivity contribution in [2.24, 2.45) is 0 Å². The molecule has 0 atom stereocenters. The molecule has 1 aromatic carbocycles. The van der Waals surface area contributed by atoms with Crippen molar-refractivity contribution < 1.29 is 23.4 Å². The maximum absolute atomic E-state index is 11.8. The molecule has 0 bridgehead atoms. The van der Waals surface area contributed by atoms with Gasteiger partial charge >= 0.3 is 5.97 Å². The van der Waals surface area contributed by atoms with Crippen molar-refractivity contribution in [1.82, 2.24) is 4.98 Å². The first-order valence-corrected chi connectivity index (χ1v) is 8.04. The van der Waals surface area contributed by atoms with E-state index < -0.39 is 5.97 Å². The van der Waals surface area contributed by atoms with Crippen LogP contribution in [0.1, 0.15) is 5.69 Å². The summed E-state index contributed by atoms with van der Waals surface area (Å²) in [4.78, 5) is 17.0. The molecule has 0 unspecified atom stereocenters. The topological polar surface area (TPSA) is 70.8 Å². The number of para-hydroxylation sites is 2. The molecule has 0 aliphatic rings.